The highest BCUT2D eigenvalue weighted by Crippen LogP contribution is 2.31. The Bertz CT molecular complexity index is 437. The van der Waals surface area contributed by atoms with Gasteiger partial charge in [-0.25, -0.2) is 0 Å². The van der Waals surface area contributed by atoms with Gasteiger partial charge in [0.1, 0.15) is 5.84 Å². The Morgan fingerprint density at radius 2 is 2.11 bits per heavy atom. The van der Waals surface area contributed by atoms with Gasteiger partial charge in [0.2, 0.25) is 0 Å². The summed E-state index contributed by atoms with van der Waals surface area (Å²) in [5.74, 6) is 0.921. The van der Waals surface area contributed by atoms with Gasteiger partial charge >= 0.3 is 0 Å². The van der Waals surface area contributed by atoms with Crippen LogP contribution in [0.25, 0.3) is 0 Å². The van der Waals surface area contributed by atoms with Crippen LogP contribution in [0.2, 0.25) is 5.02 Å². The van der Waals surface area contributed by atoms with Crippen LogP contribution in [0.15, 0.2) is 18.2 Å². The summed E-state index contributed by atoms with van der Waals surface area (Å²) in [5, 5.41) is 8.10. The molecule has 0 radical (unpaired) electrons. The van der Waals surface area contributed by atoms with Gasteiger partial charge in [-0.1, -0.05) is 24.9 Å². The van der Waals surface area contributed by atoms with Gasteiger partial charge in [-0.05, 0) is 37.0 Å². The number of nitrogens with two attached hydrogens (primary N) is 1. The predicted molar refractivity (Wildman–Crippen MR) is 77.7 cm³/mol. The summed E-state index contributed by atoms with van der Waals surface area (Å²) >= 11 is 6.28. The fourth-order valence-corrected chi connectivity index (χ4v) is 2.81. The Morgan fingerprint density at radius 3 is 2.61 bits per heavy atom. The van der Waals surface area contributed by atoms with Crippen LogP contribution in [-0.2, 0) is 0 Å². The van der Waals surface area contributed by atoms with Crippen LogP contribution in [0.5, 0.6) is 0 Å². The molecule has 0 saturated carbocycles. The molecule has 1 heterocycles. The molecule has 98 valence electrons. The molecule has 0 bridgehead atoms. The highest BCUT2D eigenvalue weighted by molar-refractivity contribution is 6.33. The van der Waals surface area contributed by atoms with Gasteiger partial charge in [0, 0.05) is 18.7 Å². The van der Waals surface area contributed by atoms with Crippen LogP contribution < -0.4 is 10.6 Å². The van der Waals surface area contributed by atoms with Crippen LogP contribution in [0, 0.1) is 11.3 Å². The molecule has 1 aromatic carbocycles. The third kappa shape index (κ3) is 2.78. The minimum Gasteiger partial charge on any atom is -0.384 e. The van der Waals surface area contributed by atoms with Crippen molar-refractivity contribution < 1.29 is 0 Å². The number of rotatable bonds is 3. The number of benzene rings is 1. The molecule has 0 aliphatic carbocycles. The molecule has 3 nitrogen and oxygen atoms in total. The van der Waals surface area contributed by atoms with E-state index < -0.39 is 0 Å². The zero-order valence-electron chi connectivity index (χ0n) is 10.7. The molecule has 1 aromatic rings. The molecule has 0 aromatic heterocycles. The van der Waals surface area contributed by atoms with E-state index in [0.29, 0.717) is 10.6 Å². The van der Waals surface area contributed by atoms with Gasteiger partial charge in [-0.3, -0.25) is 5.41 Å². The second kappa shape index (κ2) is 5.61. The van der Waals surface area contributed by atoms with Crippen molar-refractivity contribution in [3.8, 4) is 0 Å². The standard InChI is InChI=1S/C14H20ClN3/c1-2-10-5-7-18(8-6-10)13-4-3-11(14(16)17)9-12(13)15/h3-4,9-10H,2,5-8H2,1H3,(H3,16,17). The van der Waals surface area contributed by atoms with Gasteiger partial charge in [-0.2, -0.15) is 0 Å². The Morgan fingerprint density at radius 1 is 1.44 bits per heavy atom. The average Bonchev–Trinajstić information content (AvgIpc) is 2.38. The van der Waals surface area contributed by atoms with Gasteiger partial charge in [-0.15, -0.1) is 0 Å². The van der Waals surface area contributed by atoms with Crippen molar-refractivity contribution in [3.05, 3.63) is 28.8 Å². The van der Waals surface area contributed by atoms with Crippen LogP contribution in [-0.4, -0.2) is 18.9 Å². The van der Waals surface area contributed by atoms with E-state index >= 15 is 0 Å². The van der Waals surface area contributed by atoms with E-state index in [-0.39, 0.29) is 5.84 Å². The largest absolute Gasteiger partial charge is 0.384 e. The smallest absolute Gasteiger partial charge is 0.122 e. The quantitative estimate of drug-likeness (QED) is 0.651. The number of nitrogens with one attached hydrogen (secondary N) is 1. The highest BCUT2D eigenvalue weighted by atomic mass is 35.5. The van der Waals surface area contributed by atoms with Crippen molar-refractivity contribution >= 4 is 23.1 Å². The molecule has 4 heteroatoms. The lowest BCUT2D eigenvalue weighted by molar-refractivity contribution is 0.395. The lowest BCUT2D eigenvalue weighted by atomic mass is 9.94. The van der Waals surface area contributed by atoms with Crippen molar-refractivity contribution in [1.82, 2.24) is 0 Å². The van der Waals surface area contributed by atoms with Gasteiger partial charge < -0.3 is 10.6 Å². The molecule has 0 atom stereocenters. The average molecular weight is 266 g/mol. The first kappa shape index (κ1) is 13.2. The van der Waals surface area contributed by atoms with E-state index in [2.05, 4.69) is 11.8 Å². The molecule has 1 aliphatic rings. The number of anilines is 1. The summed E-state index contributed by atoms with van der Waals surface area (Å²) in [5.41, 5.74) is 7.21. The summed E-state index contributed by atoms with van der Waals surface area (Å²) in [6.45, 7) is 4.39. The lowest BCUT2D eigenvalue weighted by Gasteiger charge is -2.33. The molecule has 18 heavy (non-hydrogen) atoms. The maximum atomic E-state index is 7.40. The van der Waals surface area contributed by atoms with E-state index in [1.807, 2.05) is 12.1 Å². The SMILES string of the molecule is CCC1CCN(c2ccc(C(=N)N)cc2Cl)CC1. The second-order valence-corrected chi connectivity index (χ2v) is 5.33. The zero-order chi connectivity index (χ0) is 13.1. The fraction of sp³-hybridized carbons (Fsp3) is 0.500. The minimum atomic E-state index is 0.0631. The van der Waals surface area contributed by atoms with Crippen LogP contribution in [0.4, 0.5) is 5.69 Å². The molecule has 0 unspecified atom stereocenters. The Labute approximate surface area is 113 Å². The number of hydrogen-bond acceptors (Lipinski definition) is 2. The predicted octanol–water partition coefficient (Wildman–Crippen LogP) is 3.25. The maximum absolute atomic E-state index is 7.40. The van der Waals surface area contributed by atoms with Gasteiger partial charge in [0.25, 0.3) is 0 Å². The molecule has 2 rings (SSSR count). The van der Waals surface area contributed by atoms with Crippen LogP contribution >= 0.6 is 11.6 Å². The zero-order valence-corrected chi connectivity index (χ0v) is 11.5. The molecule has 1 fully saturated rings. The van der Waals surface area contributed by atoms with Crippen molar-refractivity contribution in [2.24, 2.45) is 11.7 Å². The highest BCUT2D eigenvalue weighted by Gasteiger charge is 2.19. The monoisotopic (exact) mass is 265 g/mol. The normalized spacial score (nSPS) is 16.9. The molecular formula is C14H20ClN3. The number of nitrogens with zero attached hydrogens (tertiary/aromatic N) is 1. The van der Waals surface area contributed by atoms with E-state index in [9.17, 15) is 0 Å². The molecular weight excluding hydrogens is 246 g/mol. The third-order valence-corrected chi connectivity index (χ3v) is 4.09. The summed E-state index contributed by atoms with van der Waals surface area (Å²) in [7, 11) is 0. The Hall–Kier alpha value is -1.22. The van der Waals surface area contributed by atoms with E-state index in [1.165, 1.54) is 19.3 Å². The number of hydrogen-bond donors (Lipinski definition) is 2. The van der Waals surface area contributed by atoms with Crippen molar-refractivity contribution in [1.29, 1.82) is 5.41 Å². The van der Waals surface area contributed by atoms with Crippen molar-refractivity contribution in [2.45, 2.75) is 26.2 Å². The Kier molecular flexibility index (Phi) is 4.12. The molecule has 0 spiro atoms. The van der Waals surface area contributed by atoms with E-state index in [1.54, 1.807) is 6.07 Å². The first-order chi connectivity index (χ1) is 8.61. The fourth-order valence-electron chi connectivity index (χ4n) is 2.51. The lowest BCUT2D eigenvalue weighted by Crippen LogP contribution is -2.33. The Balaban J connectivity index is 2.12. The first-order valence-corrected chi connectivity index (χ1v) is 6.88. The summed E-state index contributed by atoms with van der Waals surface area (Å²) in [4.78, 5) is 2.33. The second-order valence-electron chi connectivity index (χ2n) is 4.92. The summed E-state index contributed by atoms with van der Waals surface area (Å²) < 4.78 is 0. The molecule has 1 aliphatic heterocycles. The maximum Gasteiger partial charge on any atom is 0.122 e. The van der Waals surface area contributed by atoms with E-state index in [0.717, 1.165) is 24.7 Å². The van der Waals surface area contributed by atoms with E-state index in [4.69, 9.17) is 22.7 Å². The first-order valence-electron chi connectivity index (χ1n) is 6.50. The van der Waals surface area contributed by atoms with Gasteiger partial charge in [0.05, 0.1) is 10.7 Å². The summed E-state index contributed by atoms with van der Waals surface area (Å²) in [6.07, 6.45) is 3.74. The van der Waals surface area contributed by atoms with Crippen LogP contribution in [0.3, 0.4) is 0 Å². The van der Waals surface area contributed by atoms with Crippen LogP contribution in [0.1, 0.15) is 31.7 Å². The topological polar surface area (TPSA) is 53.1 Å². The molecule has 3 N–H and O–H groups in total. The molecule has 1 saturated heterocycles. The van der Waals surface area contributed by atoms with Crippen molar-refractivity contribution in [2.75, 3.05) is 18.0 Å². The number of piperidine rings is 1. The third-order valence-electron chi connectivity index (χ3n) is 3.79. The number of nitrogen functional groups attached to an aromatic ring is 1. The molecule has 0 amide bonds. The minimum absolute atomic E-state index is 0.0631. The summed E-state index contributed by atoms with van der Waals surface area (Å²) in [6, 6.07) is 5.63. The number of amidine groups is 1. The number of halogens is 1. The van der Waals surface area contributed by atoms with Crippen molar-refractivity contribution in [3.63, 3.8) is 0 Å². The van der Waals surface area contributed by atoms with Gasteiger partial charge in [0.15, 0.2) is 0 Å².